The van der Waals surface area contributed by atoms with Crippen molar-refractivity contribution < 1.29 is 0 Å². The largest absolute Gasteiger partial charge is 0.321 e. The molecule has 2 aliphatic carbocycles. The summed E-state index contributed by atoms with van der Waals surface area (Å²) in [4.78, 5) is 0. The second-order valence-corrected chi connectivity index (χ2v) is 5.53. The van der Waals surface area contributed by atoms with Gasteiger partial charge >= 0.3 is 0 Å². The van der Waals surface area contributed by atoms with E-state index in [-0.39, 0.29) is 11.5 Å². The number of hydrogen-bond acceptors (Lipinski definition) is 2. The van der Waals surface area contributed by atoms with E-state index >= 15 is 0 Å². The van der Waals surface area contributed by atoms with Crippen LogP contribution in [0.25, 0.3) is 0 Å². The molecule has 2 N–H and O–H groups in total. The van der Waals surface area contributed by atoms with E-state index in [2.05, 4.69) is 30.3 Å². The van der Waals surface area contributed by atoms with Crippen molar-refractivity contribution in [1.82, 2.24) is 0 Å². The fourth-order valence-corrected chi connectivity index (χ4v) is 3.66. The van der Waals surface area contributed by atoms with Crippen LogP contribution in [0.4, 0.5) is 0 Å². The lowest BCUT2D eigenvalue weighted by molar-refractivity contribution is 0.142. The quantitative estimate of drug-likeness (QED) is 0.739. The van der Waals surface area contributed by atoms with Crippen molar-refractivity contribution >= 4 is 0 Å². The number of benzene rings is 1. The number of nitrogens with zero attached hydrogens (tertiary/aromatic N) is 1. The molecule has 0 bridgehead atoms. The maximum atomic E-state index is 9.07. The number of aryl methyl sites for hydroxylation is 1. The van der Waals surface area contributed by atoms with Crippen LogP contribution in [0.2, 0.25) is 0 Å². The van der Waals surface area contributed by atoms with Gasteiger partial charge in [-0.05, 0) is 49.1 Å². The average Bonchev–Trinajstić information content (AvgIpc) is 2.38. The normalized spacial score (nSPS) is 35.5. The molecule has 2 aliphatic rings. The van der Waals surface area contributed by atoms with Gasteiger partial charge in [-0.2, -0.15) is 5.26 Å². The molecule has 2 heteroatoms. The molecule has 1 unspecified atom stereocenters. The van der Waals surface area contributed by atoms with Crippen LogP contribution in [0.3, 0.4) is 0 Å². The minimum absolute atomic E-state index is 0.164. The number of nitrogens with two attached hydrogens (primary N) is 1. The second kappa shape index (κ2) is 3.85. The predicted molar refractivity (Wildman–Crippen MR) is 67.1 cm³/mol. The van der Waals surface area contributed by atoms with E-state index in [0.717, 1.165) is 32.1 Å². The summed E-state index contributed by atoms with van der Waals surface area (Å²) in [5.41, 5.74) is 9.28. The SMILES string of the molecule is N#CC1CC[C@]2(N)c3ccccc3CC[C@@H]2C1. The van der Waals surface area contributed by atoms with Crippen LogP contribution in [0.1, 0.15) is 36.8 Å². The molecule has 1 aromatic rings. The molecule has 0 spiro atoms. The molecule has 3 atom stereocenters. The molecule has 0 aliphatic heterocycles. The van der Waals surface area contributed by atoms with Gasteiger partial charge in [0.15, 0.2) is 0 Å². The Morgan fingerprint density at radius 2 is 2.12 bits per heavy atom. The molecule has 2 nitrogen and oxygen atoms in total. The van der Waals surface area contributed by atoms with Crippen LogP contribution < -0.4 is 5.73 Å². The molecular formula is C15H18N2. The highest BCUT2D eigenvalue weighted by molar-refractivity contribution is 5.37. The van der Waals surface area contributed by atoms with Gasteiger partial charge in [0.05, 0.1) is 6.07 Å². The zero-order chi connectivity index (χ0) is 11.9. The van der Waals surface area contributed by atoms with Crippen LogP contribution in [0, 0.1) is 23.2 Å². The summed E-state index contributed by atoms with van der Waals surface area (Å²) in [6.07, 6.45) is 5.18. The van der Waals surface area contributed by atoms with E-state index in [9.17, 15) is 0 Å². The van der Waals surface area contributed by atoms with Crippen molar-refractivity contribution in [3.63, 3.8) is 0 Å². The van der Waals surface area contributed by atoms with E-state index in [4.69, 9.17) is 11.0 Å². The minimum atomic E-state index is -0.164. The molecule has 0 aromatic heterocycles. The zero-order valence-corrected chi connectivity index (χ0v) is 10.0. The Kier molecular flexibility index (Phi) is 2.45. The first-order valence-electron chi connectivity index (χ1n) is 6.51. The van der Waals surface area contributed by atoms with Gasteiger partial charge in [0.25, 0.3) is 0 Å². The van der Waals surface area contributed by atoms with Gasteiger partial charge in [-0.3, -0.25) is 0 Å². The summed E-state index contributed by atoms with van der Waals surface area (Å²) in [5.74, 6) is 0.720. The van der Waals surface area contributed by atoms with Crippen molar-refractivity contribution in [3.05, 3.63) is 35.4 Å². The van der Waals surface area contributed by atoms with E-state index in [1.807, 2.05) is 0 Å². The smallest absolute Gasteiger partial charge is 0.0655 e. The van der Waals surface area contributed by atoms with Gasteiger partial charge in [-0.1, -0.05) is 24.3 Å². The highest BCUT2D eigenvalue weighted by Gasteiger charge is 2.44. The Labute approximate surface area is 102 Å². The Bertz CT molecular complexity index is 474. The lowest BCUT2D eigenvalue weighted by atomic mass is 9.61. The lowest BCUT2D eigenvalue weighted by Gasteiger charge is -2.47. The summed E-state index contributed by atoms with van der Waals surface area (Å²) >= 11 is 0. The van der Waals surface area contributed by atoms with Crippen LogP contribution in [0.5, 0.6) is 0 Å². The first-order chi connectivity index (χ1) is 8.24. The van der Waals surface area contributed by atoms with Gasteiger partial charge in [-0.15, -0.1) is 0 Å². The van der Waals surface area contributed by atoms with E-state index in [0.29, 0.717) is 5.92 Å². The molecule has 1 fully saturated rings. The Morgan fingerprint density at radius 3 is 2.94 bits per heavy atom. The molecule has 0 radical (unpaired) electrons. The number of fused-ring (bicyclic) bond motifs is 3. The van der Waals surface area contributed by atoms with Crippen molar-refractivity contribution in [2.45, 2.75) is 37.6 Å². The summed E-state index contributed by atoms with van der Waals surface area (Å²) in [7, 11) is 0. The van der Waals surface area contributed by atoms with Gasteiger partial charge in [-0.25, -0.2) is 0 Å². The first kappa shape index (κ1) is 10.8. The van der Waals surface area contributed by atoms with Crippen molar-refractivity contribution in [3.8, 4) is 6.07 Å². The van der Waals surface area contributed by atoms with Crippen molar-refractivity contribution in [1.29, 1.82) is 5.26 Å². The van der Waals surface area contributed by atoms with E-state index in [1.54, 1.807) is 0 Å². The van der Waals surface area contributed by atoms with Gasteiger partial charge < -0.3 is 5.73 Å². The molecule has 17 heavy (non-hydrogen) atoms. The first-order valence-corrected chi connectivity index (χ1v) is 6.51. The number of nitriles is 1. The van der Waals surface area contributed by atoms with Gasteiger partial charge in [0, 0.05) is 11.5 Å². The maximum absolute atomic E-state index is 9.07. The third-order valence-electron chi connectivity index (χ3n) is 4.67. The van der Waals surface area contributed by atoms with Crippen molar-refractivity contribution in [2.75, 3.05) is 0 Å². The Balaban J connectivity index is 1.99. The standard InChI is InChI=1S/C15H18N2/c16-10-11-7-8-15(17)13(9-11)6-5-12-3-1-2-4-14(12)15/h1-4,11,13H,5-9,17H2/t11?,13-,15-/m1/s1. The topological polar surface area (TPSA) is 49.8 Å². The monoisotopic (exact) mass is 226 g/mol. The van der Waals surface area contributed by atoms with Crippen molar-refractivity contribution in [2.24, 2.45) is 17.6 Å². The molecule has 3 rings (SSSR count). The summed E-state index contributed by atoms with van der Waals surface area (Å²) in [6, 6.07) is 11.0. The lowest BCUT2D eigenvalue weighted by Crippen LogP contribution is -2.50. The highest BCUT2D eigenvalue weighted by atomic mass is 14.8. The van der Waals surface area contributed by atoms with E-state index < -0.39 is 0 Å². The fraction of sp³-hybridized carbons (Fsp3) is 0.533. The zero-order valence-electron chi connectivity index (χ0n) is 10.0. The van der Waals surface area contributed by atoms with E-state index in [1.165, 1.54) is 11.1 Å². The molecule has 0 heterocycles. The highest BCUT2D eigenvalue weighted by Crippen LogP contribution is 2.47. The predicted octanol–water partition coefficient (Wildman–Crippen LogP) is 2.73. The molecule has 1 saturated carbocycles. The molecule has 0 saturated heterocycles. The molecule has 88 valence electrons. The third kappa shape index (κ3) is 1.57. The second-order valence-electron chi connectivity index (χ2n) is 5.53. The Hall–Kier alpha value is -1.33. The summed E-state index contributed by atoms with van der Waals surface area (Å²) < 4.78 is 0. The summed E-state index contributed by atoms with van der Waals surface area (Å²) in [6.45, 7) is 0. The number of hydrogen-bond donors (Lipinski definition) is 1. The van der Waals surface area contributed by atoms with Gasteiger partial charge in [0.2, 0.25) is 0 Å². The molecule has 0 amide bonds. The number of rotatable bonds is 0. The van der Waals surface area contributed by atoms with Crippen LogP contribution in [0.15, 0.2) is 24.3 Å². The van der Waals surface area contributed by atoms with Crippen LogP contribution >= 0.6 is 0 Å². The van der Waals surface area contributed by atoms with Gasteiger partial charge in [0.1, 0.15) is 0 Å². The summed E-state index contributed by atoms with van der Waals surface area (Å²) in [5, 5.41) is 9.07. The molecule has 1 aromatic carbocycles. The van der Waals surface area contributed by atoms with Crippen LogP contribution in [-0.2, 0) is 12.0 Å². The maximum Gasteiger partial charge on any atom is 0.0655 e. The van der Waals surface area contributed by atoms with Crippen LogP contribution in [-0.4, -0.2) is 0 Å². The minimum Gasteiger partial charge on any atom is -0.321 e. The molecular weight excluding hydrogens is 208 g/mol. The third-order valence-corrected chi connectivity index (χ3v) is 4.67. The fourth-order valence-electron chi connectivity index (χ4n) is 3.66. The Morgan fingerprint density at radius 1 is 1.29 bits per heavy atom. The average molecular weight is 226 g/mol.